The van der Waals surface area contributed by atoms with Crippen molar-refractivity contribution in [2.45, 2.75) is 224 Å². The normalized spacial score (nSPS) is 20.9. The summed E-state index contributed by atoms with van der Waals surface area (Å²) in [4.78, 5) is 13.0. The van der Waals surface area contributed by atoms with Gasteiger partial charge in [0.2, 0.25) is 5.91 Å². The molecule has 1 aliphatic heterocycles. The molecule has 1 fully saturated rings. The molecule has 0 aromatic heterocycles. The Balaban J connectivity index is 2.30. The van der Waals surface area contributed by atoms with Crippen molar-refractivity contribution < 1.29 is 39.8 Å². The molecule has 1 saturated heterocycles. The molecule has 0 saturated carbocycles. The quantitative estimate of drug-likeness (QED) is 0.0262. The van der Waals surface area contributed by atoms with Crippen LogP contribution in [0, 0.1) is 0 Å². The summed E-state index contributed by atoms with van der Waals surface area (Å²) in [5.41, 5.74) is 0. The van der Waals surface area contributed by atoms with Crippen LogP contribution in [0.3, 0.4) is 0 Å². The second-order valence-corrected chi connectivity index (χ2v) is 17.2. The molecule has 0 aromatic carbocycles. The Hall–Kier alpha value is -3.15. The molecule has 9 nitrogen and oxygen atoms in total. The molecule has 370 valence electrons. The molecule has 0 bridgehead atoms. The first-order chi connectivity index (χ1) is 31.8. The number of aliphatic hydroxyl groups excluding tert-OH is 5. The van der Waals surface area contributed by atoms with Crippen LogP contribution >= 0.6 is 0 Å². The van der Waals surface area contributed by atoms with Gasteiger partial charge >= 0.3 is 0 Å². The Kier molecular flexibility index (Phi) is 41.1. The van der Waals surface area contributed by atoms with Crippen LogP contribution in [0.15, 0.2) is 109 Å². The molecule has 0 radical (unpaired) electrons. The van der Waals surface area contributed by atoms with E-state index < -0.39 is 49.5 Å². The highest BCUT2D eigenvalue weighted by Gasteiger charge is 2.44. The van der Waals surface area contributed by atoms with E-state index in [0.717, 1.165) is 103 Å². The monoisotopic (exact) mass is 908 g/mol. The zero-order chi connectivity index (χ0) is 47.3. The van der Waals surface area contributed by atoms with Crippen molar-refractivity contribution in [2.75, 3.05) is 13.2 Å². The maximum absolute atomic E-state index is 13.0. The van der Waals surface area contributed by atoms with Crippen LogP contribution in [0.2, 0.25) is 0 Å². The average Bonchev–Trinajstić information content (AvgIpc) is 3.31. The Bertz CT molecular complexity index is 1380. The third kappa shape index (κ3) is 34.8. The Labute approximate surface area is 396 Å². The molecule has 1 amide bonds. The number of hydrogen-bond donors (Lipinski definition) is 6. The number of rotatable bonds is 41. The molecule has 6 N–H and O–H groups in total. The first kappa shape index (κ1) is 59.9. The number of allylic oxidation sites excluding steroid dienone is 17. The van der Waals surface area contributed by atoms with Crippen molar-refractivity contribution in [3.63, 3.8) is 0 Å². The molecule has 0 aromatic rings. The van der Waals surface area contributed by atoms with Crippen LogP contribution in [0.5, 0.6) is 0 Å². The fourth-order valence-electron chi connectivity index (χ4n) is 7.29. The predicted molar refractivity (Wildman–Crippen MR) is 271 cm³/mol. The van der Waals surface area contributed by atoms with Gasteiger partial charge in [0.15, 0.2) is 6.29 Å². The minimum absolute atomic E-state index is 0.206. The minimum atomic E-state index is -1.58. The van der Waals surface area contributed by atoms with Gasteiger partial charge in [0.25, 0.3) is 0 Å². The summed E-state index contributed by atoms with van der Waals surface area (Å²) in [5.74, 6) is -0.207. The molecule has 0 aliphatic carbocycles. The van der Waals surface area contributed by atoms with Gasteiger partial charge in [-0.05, 0) is 83.5 Å². The van der Waals surface area contributed by atoms with E-state index in [9.17, 15) is 30.3 Å². The van der Waals surface area contributed by atoms with Crippen LogP contribution in [-0.4, -0.2) is 87.5 Å². The first-order valence-electron chi connectivity index (χ1n) is 25.6. The van der Waals surface area contributed by atoms with Gasteiger partial charge in [0.05, 0.1) is 25.4 Å². The first-order valence-corrected chi connectivity index (χ1v) is 25.6. The van der Waals surface area contributed by atoms with E-state index in [1.165, 1.54) is 57.8 Å². The largest absolute Gasteiger partial charge is 0.394 e. The Morgan fingerprint density at radius 3 is 1.42 bits per heavy atom. The smallest absolute Gasteiger partial charge is 0.220 e. The van der Waals surface area contributed by atoms with E-state index in [-0.39, 0.29) is 12.5 Å². The van der Waals surface area contributed by atoms with Crippen molar-refractivity contribution in [1.82, 2.24) is 5.32 Å². The summed E-state index contributed by atoms with van der Waals surface area (Å²) in [5, 5.41) is 54.3. The van der Waals surface area contributed by atoms with Crippen LogP contribution in [-0.2, 0) is 14.3 Å². The second kappa shape index (κ2) is 44.7. The van der Waals surface area contributed by atoms with Gasteiger partial charge in [0.1, 0.15) is 24.4 Å². The zero-order valence-corrected chi connectivity index (χ0v) is 40.7. The van der Waals surface area contributed by atoms with Crippen LogP contribution < -0.4 is 5.32 Å². The summed E-state index contributed by atoms with van der Waals surface area (Å²) >= 11 is 0. The summed E-state index contributed by atoms with van der Waals surface area (Å²) in [6.45, 7) is 3.62. The van der Waals surface area contributed by atoms with Gasteiger partial charge in [-0.1, -0.05) is 200 Å². The summed E-state index contributed by atoms with van der Waals surface area (Å²) in [6, 6.07) is -0.826. The molecule has 1 aliphatic rings. The highest BCUT2D eigenvalue weighted by Crippen LogP contribution is 2.22. The minimum Gasteiger partial charge on any atom is -0.394 e. The number of aliphatic hydroxyl groups is 5. The van der Waals surface area contributed by atoms with Crippen molar-refractivity contribution in [1.29, 1.82) is 0 Å². The fourth-order valence-corrected chi connectivity index (χ4v) is 7.29. The molecule has 9 heteroatoms. The molecule has 65 heavy (non-hydrogen) atoms. The van der Waals surface area contributed by atoms with E-state index in [1.54, 1.807) is 6.08 Å². The summed E-state index contributed by atoms with van der Waals surface area (Å²) in [7, 11) is 0. The van der Waals surface area contributed by atoms with Gasteiger partial charge in [-0.15, -0.1) is 0 Å². The fraction of sp³-hybridized carbons (Fsp3) is 0.661. The molecule has 0 spiro atoms. The lowest BCUT2D eigenvalue weighted by Gasteiger charge is -2.40. The van der Waals surface area contributed by atoms with E-state index in [2.05, 4.69) is 116 Å². The molecule has 7 unspecified atom stereocenters. The van der Waals surface area contributed by atoms with Gasteiger partial charge in [0, 0.05) is 6.42 Å². The summed E-state index contributed by atoms with van der Waals surface area (Å²) in [6.07, 6.45) is 58.5. The van der Waals surface area contributed by atoms with Gasteiger partial charge in [-0.2, -0.15) is 0 Å². The van der Waals surface area contributed by atoms with Gasteiger partial charge < -0.3 is 40.3 Å². The molecule has 1 heterocycles. The maximum Gasteiger partial charge on any atom is 0.220 e. The Morgan fingerprint density at radius 1 is 0.538 bits per heavy atom. The lowest BCUT2D eigenvalue weighted by atomic mass is 9.99. The van der Waals surface area contributed by atoms with E-state index in [0.29, 0.717) is 6.42 Å². The highest BCUT2D eigenvalue weighted by molar-refractivity contribution is 5.76. The van der Waals surface area contributed by atoms with Crippen molar-refractivity contribution in [3.8, 4) is 0 Å². The number of carbonyl (C=O) groups is 1. The van der Waals surface area contributed by atoms with Crippen molar-refractivity contribution in [2.24, 2.45) is 0 Å². The van der Waals surface area contributed by atoms with Crippen LogP contribution in [0.4, 0.5) is 0 Å². The van der Waals surface area contributed by atoms with E-state index in [1.807, 2.05) is 6.08 Å². The lowest BCUT2D eigenvalue weighted by molar-refractivity contribution is -0.302. The molecular formula is C56H93NO8. The lowest BCUT2D eigenvalue weighted by Crippen LogP contribution is -2.60. The number of carbonyl (C=O) groups excluding carboxylic acids is 1. The van der Waals surface area contributed by atoms with Crippen molar-refractivity contribution >= 4 is 5.91 Å². The summed E-state index contributed by atoms with van der Waals surface area (Å²) < 4.78 is 11.2. The third-order valence-corrected chi connectivity index (χ3v) is 11.4. The topological polar surface area (TPSA) is 149 Å². The molecule has 7 atom stereocenters. The van der Waals surface area contributed by atoms with Crippen molar-refractivity contribution in [3.05, 3.63) is 109 Å². The zero-order valence-electron chi connectivity index (χ0n) is 40.7. The average molecular weight is 908 g/mol. The highest BCUT2D eigenvalue weighted by atomic mass is 16.7. The predicted octanol–water partition coefficient (Wildman–Crippen LogP) is 11.8. The number of amides is 1. The van der Waals surface area contributed by atoms with E-state index in [4.69, 9.17) is 9.47 Å². The van der Waals surface area contributed by atoms with Gasteiger partial charge in [-0.25, -0.2) is 0 Å². The third-order valence-electron chi connectivity index (χ3n) is 11.4. The molecule has 1 rings (SSSR count). The number of ether oxygens (including phenoxy) is 2. The Morgan fingerprint density at radius 2 is 0.954 bits per heavy atom. The molecular weight excluding hydrogens is 815 g/mol. The SMILES string of the molecule is CC/C=C\C/C=C\C/C=C\C/C=C\C/C=C\C/C=C\C/C=C\C/C=C\CCCCCCC(=O)NC(COC1OC(CO)C(O)C(O)C1O)C(O)/C=C/CCCCCCCCCCCCC. The number of hydrogen-bond acceptors (Lipinski definition) is 8. The number of nitrogens with one attached hydrogen (secondary N) is 1. The van der Waals surface area contributed by atoms with E-state index >= 15 is 0 Å². The van der Waals surface area contributed by atoms with Gasteiger partial charge in [-0.3, -0.25) is 4.79 Å². The van der Waals surface area contributed by atoms with Crippen LogP contribution in [0.1, 0.15) is 181 Å². The maximum atomic E-state index is 13.0. The second-order valence-electron chi connectivity index (χ2n) is 17.2. The number of unbranched alkanes of at least 4 members (excludes halogenated alkanes) is 15. The van der Waals surface area contributed by atoms with Crippen LogP contribution in [0.25, 0.3) is 0 Å². The standard InChI is InChI=1S/C56H93NO8/c1-3-5-7-9-11-13-15-17-18-19-20-21-22-23-24-25-26-27-28-29-30-31-32-34-36-38-40-42-44-46-52(60)57-49(48-64-56-55(63)54(62)53(61)51(47-58)65-56)50(59)45-43-41-39-37-35-33-16-14-12-10-8-6-4-2/h5,7,11,13,17-18,20-21,23-24,26-27,29-30,32,34,43,45,49-51,53-56,58-59,61-63H,3-4,6,8-10,12,14-16,19,22,25,28,31,33,35-42,44,46-48H2,1-2H3,(H,57,60)/b7-5-,13-11-,18-17-,21-20-,24-23-,27-26-,30-29-,34-32-,45-43+.